The van der Waals surface area contributed by atoms with E-state index in [1.54, 1.807) is 0 Å². The van der Waals surface area contributed by atoms with Gasteiger partial charge in [-0.2, -0.15) is 0 Å². The SMILES string of the molecule is CC(C)C1=C(c2ccccc2)N(COCCO)C(C)([SeH])N1. The quantitative estimate of drug-likeness (QED) is 0.599. The summed E-state index contributed by atoms with van der Waals surface area (Å²) in [6.45, 7) is 7.32. The fraction of sp³-hybridized carbons (Fsp3) is 0.500. The van der Waals surface area contributed by atoms with Crippen molar-refractivity contribution < 1.29 is 9.84 Å². The van der Waals surface area contributed by atoms with Crippen LogP contribution < -0.4 is 5.32 Å². The third-order valence-corrected chi connectivity index (χ3v) is 4.24. The monoisotopic (exact) mass is 356 g/mol. The number of aliphatic hydroxyl groups is 1. The normalized spacial score (nSPS) is 22.1. The summed E-state index contributed by atoms with van der Waals surface area (Å²) in [5, 5.41) is 12.5. The van der Waals surface area contributed by atoms with E-state index in [0.717, 1.165) is 0 Å². The van der Waals surface area contributed by atoms with Crippen LogP contribution in [0.5, 0.6) is 0 Å². The second-order valence-electron chi connectivity index (χ2n) is 5.62. The van der Waals surface area contributed by atoms with Crippen molar-refractivity contribution in [1.29, 1.82) is 0 Å². The minimum absolute atomic E-state index is 0.0397. The van der Waals surface area contributed by atoms with Crippen molar-refractivity contribution in [1.82, 2.24) is 10.2 Å². The third-order valence-electron chi connectivity index (χ3n) is 3.50. The summed E-state index contributed by atoms with van der Waals surface area (Å²) in [6, 6.07) is 10.4. The van der Waals surface area contributed by atoms with Crippen LogP contribution in [0.4, 0.5) is 0 Å². The van der Waals surface area contributed by atoms with Crippen molar-refractivity contribution in [2.75, 3.05) is 19.9 Å². The van der Waals surface area contributed by atoms with Gasteiger partial charge in [0.05, 0.1) is 0 Å². The molecule has 0 aliphatic carbocycles. The molecular formula is C16H24N2O2Se. The Bertz CT molecular complexity index is 500. The summed E-state index contributed by atoms with van der Waals surface area (Å²) in [4.78, 5) is 2.20. The number of nitrogens with one attached hydrogen (secondary N) is 1. The molecule has 0 aromatic heterocycles. The molecule has 0 radical (unpaired) electrons. The topological polar surface area (TPSA) is 44.7 Å². The fourth-order valence-corrected chi connectivity index (χ4v) is 3.06. The molecule has 116 valence electrons. The Morgan fingerprint density at radius 1 is 1.33 bits per heavy atom. The molecule has 4 nitrogen and oxygen atoms in total. The van der Waals surface area contributed by atoms with Crippen LogP contribution in [-0.4, -0.2) is 50.5 Å². The molecule has 1 heterocycles. The molecule has 1 unspecified atom stereocenters. The van der Waals surface area contributed by atoms with Gasteiger partial charge in [0.2, 0.25) is 0 Å². The van der Waals surface area contributed by atoms with Crippen molar-refractivity contribution >= 4 is 21.7 Å². The predicted molar refractivity (Wildman–Crippen MR) is 86.6 cm³/mol. The molecule has 0 saturated heterocycles. The maximum absolute atomic E-state index is 8.92. The van der Waals surface area contributed by atoms with E-state index in [-0.39, 0.29) is 11.2 Å². The average molecular weight is 355 g/mol. The van der Waals surface area contributed by atoms with Crippen molar-refractivity contribution in [3.63, 3.8) is 0 Å². The van der Waals surface area contributed by atoms with Crippen LogP contribution in [0.15, 0.2) is 36.0 Å². The number of benzene rings is 1. The molecule has 0 spiro atoms. The van der Waals surface area contributed by atoms with Crippen LogP contribution in [0, 0.1) is 5.92 Å². The van der Waals surface area contributed by atoms with E-state index in [4.69, 9.17) is 9.84 Å². The van der Waals surface area contributed by atoms with Gasteiger partial charge in [0.1, 0.15) is 0 Å². The Morgan fingerprint density at radius 3 is 2.57 bits per heavy atom. The van der Waals surface area contributed by atoms with Crippen molar-refractivity contribution in [2.45, 2.75) is 25.3 Å². The van der Waals surface area contributed by atoms with Crippen LogP contribution in [0.2, 0.25) is 0 Å². The van der Waals surface area contributed by atoms with Gasteiger partial charge in [-0.1, -0.05) is 0 Å². The number of allylic oxidation sites excluding steroid dienone is 1. The molecule has 2 N–H and O–H groups in total. The van der Waals surface area contributed by atoms with Gasteiger partial charge in [-0.3, -0.25) is 0 Å². The Balaban J connectivity index is 2.37. The molecule has 0 bridgehead atoms. The summed E-state index contributed by atoms with van der Waals surface area (Å²) in [5.74, 6) is 0.395. The van der Waals surface area contributed by atoms with Crippen LogP contribution in [-0.2, 0) is 4.74 Å². The predicted octanol–water partition coefficient (Wildman–Crippen LogP) is 1.46. The van der Waals surface area contributed by atoms with Gasteiger partial charge in [-0.25, -0.2) is 0 Å². The van der Waals surface area contributed by atoms with Gasteiger partial charge in [0.25, 0.3) is 0 Å². The number of aliphatic hydroxyl groups excluding tert-OH is 1. The van der Waals surface area contributed by atoms with E-state index in [1.165, 1.54) is 17.0 Å². The summed E-state index contributed by atoms with van der Waals surface area (Å²) in [6.07, 6.45) is 0. The maximum atomic E-state index is 8.92. The standard InChI is InChI=1S/C16H24N2O2Se/c1-12(2)14-15(13-7-5-4-6-8-13)18(11-20-10-9-19)16(3,21)17-14/h4-8,12,17,19,21H,9-11H2,1-3H3. The Morgan fingerprint density at radius 2 is 2.00 bits per heavy atom. The summed E-state index contributed by atoms with van der Waals surface area (Å²) in [5.41, 5.74) is 3.57. The van der Waals surface area contributed by atoms with Gasteiger partial charge < -0.3 is 0 Å². The van der Waals surface area contributed by atoms with Gasteiger partial charge in [-0.05, 0) is 0 Å². The second kappa shape index (κ2) is 6.84. The van der Waals surface area contributed by atoms with E-state index in [9.17, 15) is 0 Å². The van der Waals surface area contributed by atoms with Crippen LogP contribution in [0.25, 0.3) is 5.70 Å². The Kier molecular flexibility index (Phi) is 5.33. The summed E-state index contributed by atoms with van der Waals surface area (Å²) in [7, 11) is 0. The summed E-state index contributed by atoms with van der Waals surface area (Å²) >= 11 is 2.68. The van der Waals surface area contributed by atoms with Crippen LogP contribution in [0.1, 0.15) is 26.3 Å². The molecule has 0 saturated carbocycles. The second-order valence-corrected chi connectivity index (χ2v) is 7.44. The first-order chi connectivity index (χ1) is 9.97. The minimum atomic E-state index is -0.271. The zero-order chi connectivity index (χ0) is 15.5. The molecule has 1 aromatic carbocycles. The zero-order valence-electron chi connectivity index (χ0n) is 12.8. The number of nitrogens with zero attached hydrogens (tertiary/aromatic N) is 1. The Labute approximate surface area is 135 Å². The van der Waals surface area contributed by atoms with E-state index >= 15 is 0 Å². The fourth-order valence-electron chi connectivity index (χ4n) is 2.48. The third kappa shape index (κ3) is 3.61. The van der Waals surface area contributed by atoms with E-state index in [2.05, 4.69) is 59.1 Å². The summed E-state index contributed by atoms with van der Waals surface area (Å²) < 4.78 is 5.30. The number of hydrogen-bond acceptors (Lipinski definition) is 4. The number of rotatable bonds is 6. The molecular weight excluding hydrogens is 331 g/mol. The number of ether oxygens (including phenoxy) is 1. The van der Waals surface area contributed by atoms with Crippen molar-refractivity contribution in [2.24, 2.45) is 5.92 Å². The molecule has 21 heavy (non-hydrogen) atoms. The van der Waals surface area contributed by atoms with Gasteiger partial charge >= 0.3 is 135 Å². The molecule has 2 rings (SSSR count). The van der Waals surface area contributed by atoms with E-state index in [1.807, 2.05) is 18.2 Å². The average Bonchev–Trinajstić information content (AvgIpc) is 2.72. The van der Waals surface area contributed by atoms with Crippen molar-refractivity contribution in [3.8, 4) is 0 Å². The van der Waals surface area contributed by atoms with Crippen molar-refractivity contribution in [3.05, 3.63) is 41.6 Å². The molecule has 1 aliphatic rings. The molecule has 1 aliphatic heterocycles. The first-order valence-electron chi connectivity index (χ1n) is 7.23. The molecule has 0 fully saturated rings. The molecule has 1 atom stereocenters. The van der Waals surface area contributed by atoms with E-state index in [0.29, 0.717) is 19.3 Å². The van der Waals surface area contributed by atoms with Gasteiger partial charge in [-0.15, -0.1) is 0 Å². The van der Waals surface area contributed by atoms with Gasteiger partial charge in [0.15, 0.2) is 0 Å². The van der Waals surface area contributed by atoms with Crippen LogP contribution >= 0.6 is 0 Å². The van der Waals surface area contributed by atoms with Crippen LogP contribution in [0.3, 0.4) is 0 Å². The number of hydrogen-bond donors (Lipinski definition) is 2. The zero-order valence-corrected chi connectivity index (χ0v) is 14.7. The molecule has 1 aromatic rings. The van der Waals surface area contributed by atoms with Gasteiger partial charge in [0, 0.05) is 0 Å². The first-order valence-corrected chi connectivity index (χ1v) is 8.17. The first kappa shape index (κ1) is 16.4. The molecule has 5 heteroatoms. The molecule has 0 amide bonds. The Hall–Kier alpha value is -1.00. The van der Waals surface area contributed by atoms with E-state index < -0.39 is 0 Å².